The number of aromatic nitrogens is 3. The summed E-state index contributed by atoms with van der Waals surface area (Å²) in [6.07, 6.45) is 4.21. The van der Waals surface area contributed by atoms with Crippen LogP contribution in [0.2, 0.25) is 0 Å². The van der Waals surface area contributed by atoms with E-state index in [9.17, 15) is 4.79 Å². The van der Waals surface area contributed by atoms with E-state index >= 15 is 0 Å². The molecule has 4 aromatic rings. The van der Waals surface area contributed by atoms with Crippen molar-refractivity contribution in [1.82, 2.24) is 24.6 Å². The van der Waals surface area contributed by atoms with Crippen LogP contribution in [-0.4, -0.2) is 31.3 Å². The highest BCUT2D eigenvalue weighted by Gasteiger charge is 2.39. The number of nitrogens with one attached hydrogen (secondary N) is 2. The maximum absolute atomic E-state index is 13.6. The summed E-state index contributed by atoms with van der Waals surface area (Å²) < 4.78 is 4.63. The third-order valence-corrected chi connectivity index (χ3v) is 9.43. The molecule has 2 aliphatic rings. The zero-order valence-corrected chi connectivity index (χ0v) is 21.4. The maximum Gasteiger partial charge on any atom is 0.262 e. The summed E-state index contributed by atoms with van der Waals surface area (Å²) in [7, 11) is 0. The van der Waals surface area contributed by atoms with Crippen LogP contribution in [0.15, 0.2) is 53.1 Å². The van der Waals surface area contributed by atoms with Crippen molar-refractivity contribution >= 4 is 56.6 Å². The van der Waals surface area contributed by atoms with Gasteiger partial charge in [-0.1, -0.05) is 18.7 Å². The number of thiazole rings is 1. The van der Waals surface area contributed by atoms with Gasteiger partial charge in [0.05, 0.1) is 38.9 Å². The Morgan fingerprint density at radius 3 is 2.79 bits per heavy atom. The van der Waals surface area contributed by atoms with Crippen LogP contribution in [0.5, 0.6) is 0 Å². The molecule has 0 unspecified atom stereocenters. The quantitative estimate of drug-likeness (QED) is 0.313. The van der Waals surface area contributed by atoms with Gasteiger partial charge in [0, 0.05) is 16.6 Å². The summed E-state index contributed by atoms with van der Waals surface area (Å²) in [6.45, 7) is 9.50. The van der Waals surface area contributed by atoms with E-state index in [1.165, 1.54) is 12.8 Å². The van der Waals surface area contributed by atoms with Gasteiger partial charge in [0.25, 0.3) is 5.91 Å². The van der Waals surface area contributed by atoms with Gasteiger partial charge < -0.3 is 9.88 Å². The van der Waals surface area contributed by atoms with Gasteiger partial charge in [0.15, 0.2) is 0 Å². The van der Waals surface area contributed by atoms with Crippen LogP contribution in [0, 0.1) is 6.92 Å². The number of hydrogen-bond acceptors (Lipinski definition) is 8. The SMILES string of the molecule is C=C1N(Cc2cnc(C)s2)C(=O)c2cc(SNC3(C)CC3)sc2N1Cc1nc2ccccc2[nH]1. The monoisotopic (exact) mass is 508 g/mol. The molecule has 0 saturated heterocycles. The second kappa shape index (κ2) is 8.23. The summed E-state index contributed by atoms with van der Waals surface area (Å²) in [4.78, 5) is 31.0. The number of fused-ring (bicyclic) bond motifs is 2. The molecule has 34 heavy (non-hydrogen) atoms. The highest BCUT2D eigenvalue weighted by Crippen LogP contribution is 2.45. The summed E-state index contributed by atoms with van der Waals surface area (Å²) >= 11 is 4.85. The molecule has 1 aliphatic carbocycles. The van der Waals surface area contributed by atoms with Crippen LogP contribution in [0.25, 0.3) is 11.0 Å². The Morgan fingerprint density at radius 1 is 1.24 bits per heavy atom. The lowest BCUT2D eigenvalue weighted by Gasteiger charge is -2.37. The topological polar surface area (TPSA) is 77.2 Å². The van der Waals surface area contributed by atoms with Crippen molar-refractivity contribution in [3.8, 4) is 0 Å². The number of aryl methyl sites for hydroxylation is 1. The molecule has 1 fully saturated rings. The molecular weight excluding hydrogens is 485 g/mol. The molecule has 6 rings (SSSR count). The van der Waals surface area contributed by atoms with Gasteiger partial charge in [0.1, 0.15) is 16.6 Å². The van der Waals surface area contributed by atoms with Crippen molar-refractivity contribution < 1.29 is 4.79 Å². The molecule has 0 spiro atoms. The number of carbonyl (C=O) groups is 1. The van der Waals surface area contributed by atoms with Gasteiger partial charge >= 0.3 is 0 Å². The zero-order chi connectivity index (χ0) is 23.4. The lowest BCUT2D eigenvalue weighted by Crippen LogP contribution is -2.42. The van der Waals surface area contributed by atoms with Crippen LogP contribution in [0.4, 0.5) is 5.00 Å². The fourth-order valence-corrected chi connectivity index (χ4v) is 6.89. The average molecular weight is 509 g/mol. The Hall–Kier alpha value is -2.66. The molecule has 0 radical (unpaired) electrons. The molecule has 3 aromatic heterocycles. The number of amides is 1. The van der Waals surface area contributed by atoms with Gasteiger partial charge in [0.2, 0.25) is 0 Å². The molecule has 2 N–H and O–H groups in total. The third kappa shape index (κ3) is 4.04. The third-order valence-electron chi connectivity index (χ3n) is 6.16. The predicted octanol–water partition coefficient (Wildman–Crippen LogP) is 5.67. The number of hydrogen-bond donors (Lipinski definition) is 2. The van der Waals surface area contributed by atoms with E-state index in [0.29, 0.717) is 24.5 Å². The first-order chi connectivity index (χ1) is 16.4. The molecule has 174 valence electrons. The van der Waals surface area contributed by atoms with Crippen molar-refractivity contribution in [3.63, 3.8) is 0 Å². The Morgan fingerprint density at radius 2 is 2.06 bits per heavy atom. The number of benzene rings is 1. The standard InChI is InChI=1S/C24H24N6OS3/c1-14-25-11-16(32-14)12-29-15(2)30(13-20-26-18-6-4-5-7-19(18)27-20)23-17(22(29)31)10-21(33-23)34-28-24(3)8-9-24/h4-7,10-11,28H,2,8-9,12-13H2,1,3H3,(H,26,27). The van der Waals surface area contributed by atoms with Gasteiger partial charge in [-0.25, -0.2) is 9.97 Å². The average Bonchev–Trinajstić information content (AvgIpc) is 3.17. The molecular formula is C24H24N6OS3. The number of imidazole rings is 1. The fraction of sp³-hybridized carbons (Fsp3) is 0.292. The van der Waals surface area contributed by atoms with Crippen molar-refractivity contribution in [2.24, 2.45) is 0 Å². The summed E-state index contributed by atoms with van der Waals surface area (Å²) in [5, 5.41) is 1.90. The first-order valence-electron chi connectivity index (χ1n) is 11.1. The number of anilines is 1. The van der Waals surface area contributed by atoms with E-state index in [2.05, 4.69) is 33.1 Å². The van der Waals surface area contributed by atoms with Crippen molar-refractivity contribution in [3.05, 3.63) is 70.2 Å². The first kappa shape index (κ1) is 21.8. The highest BCUT2D eigenvalue weighted by molar-refractivity contribution is 7.99. The van der Waals surface area contributed by atoms with E-state index in [1.54, 1.807) is 39.5 Å². The zero-order valence-electron chi connectivity index (χ0n) is 18.9. The number of carbonyl (C=O) groups excluding carboxylic acids is 1. The fourth-order valence-electron chi connectivity index (χ4n) is 3.94. The molecule has 7 nitrogen and oxygen atoms in total. The molecule has 10 heteroatoms. The molecule has 1 aliphatic heterocycles. The predicted molar refractivity (Wildman–Crippen MR) is 139 cm³/mol. The van der Waals surface area contributed by atoms with E-state index in [-0.39, 0.29) is 11.4 Å². The molecule has 0 bridgehead atoms. The Kier molecular flexibility index (Phi) is 5.29. The van der Waals surface area contributed by atoms with E-state index < -0.39 is 0 Å². The van der Waals surface area contributed by atoms with Crippen molar-refractivity contribution in [2.75, 3.05) is 4.90 Å². The largest absolute Gasteiger partial charge is 0.340 e. The lowest BCUT2D eigenvalue weighted by molar-refractivity contribution is 0.0784. The van der Waals surface area contributed by atoms with Gasteiger partial charge in [-0.2, -0.15) is 0 Å². The number of para-hydroxylation sites is 2. The normalized spacial score (nSPS) is 17.0. The van der Waals surface area contributed by atoms with Crippen molar-refractivity contribution in [2.45, 2.75) is 49.5 Å². The van der Waals surface area contributed by atoms with Gasteiger partial charge in [-0.15, -0.1) is 22.7 Å². The van der Waals surface area contributed by atoms with Crippen molar-refractivity contribution in [1.29, 1.82) is 0 Å². The molecule has 4 heterocycles. The van der Waals surface area contributed by atoms with Crippen LogP contribution in [0.3, 0.4) is 0 Å². The Bertz CT molecular complexity index is 1380. The van der Waals surface area contributed by atoms with E-state index in [1.807, 2.05) is 43.5 Å². The minimum Gasteiger partial charge on any atom is -0.340 e. The highest BCUT2D eigenvalue weighted by atomic mass is 32.2. The second-order valence-corrected chi connectivity index (χ2v) is 12.4. The number of H-pyrrole nitrogens is 1. The molecule has 1 amide bonds. The lowest BCUT2D eigenvalue weighted by atomic mass is 10.2. The first-order valence-corrected chi connectivity index (χ1v) is 13.5. The van der Waals surface area contributed by atoms with Crippen LogP contribution >= 0.6 is 34.6 Å². The number of thiophene rings is 1. The Balaban J connectivity index is 1.35. The second-order valence-electron chi connectivity index (χ2n) is 8.99. The van der Waals surface area contributed by atoms with Crippen LogP contribution < -0.4 is 9.62 Å². The summed E-state index contributed by atoms with van der Waals surface area (Å²) in [6, 6.07) is 10.0. The number of aromatic amines is 1. The molecule has 1 aromatic carbocycles. The number of nitrogens with zero attached hydrogens (tertiary/aromatic N) is 4. The summed E-state index contributed by atoms with van der Waals surface area (Å²) in [5.41, 5.74) is 2.84. The molecule has 0 atom stereocenters. The van der Waals surface area contributed by atoms with Gasteiger partial charge in [-0.05, 0) is 56.8 Å². The maximum atomic E-state index is 13.6. The summed E-state index contributed by atoms with van der Waals surface area (Å²) in [5.74, 6) is 1.47. The van der Waals surface area contributed by atoms with E-state index in [4.69, 9.17) is 4.98 Å². The van der Waals surface area contributed by atoms with Gasteiger partial charge in [-0.3, -0.25) is 14.4 Å². The number of rotatable bonds is 7. The minimum atomic E-state index is -0.0207. The minimum absolute atomic E-state index is 0.0207. The van der Waals surface area contributed by atoms with E-state index in [0.717, 1.165) is 36.0 Å². The smallest absolute Gasteiger partial charge is 0.262 e. The van der Waals surface area contributed by atoms with Crippen LogP contribution in [0.1, 0.15) is 45.8 Å². The molecule has 1 saturated carbocycles. The van der Waals surface area contributed by atoms with Crippen LogP contribution in [-0.2, 0) is 13.1 Å². The Labute approximate surface area is 210 Å².